The fourth-order valence-corrected chi connectivity index (χ4v) is 0.136. The molecule has 4 nitrogen and oxygen atoms in total. The first-order valence-corrected chi connectivity index (χ1v) is 1.66. The maximum atomic E-state index is 7.00. The van der Waals surface area contributed by atoms with Crippen LogP contribution in [0.1, 0.15) is 0 Å². The molecule has 7 heavy (non-hydrogen) atoms. The van der Waals surface area contributed by atoms with Gasteiger partial charge in [-0.1, -0.05) is 10.3 Å². The molecule has 0 aliphatic carbocycles. The number of aliphatic hydroxyl groups is 1. The molecule has 1 aromatic heterocycles. The molecule has 1 heterocycles. The van der Waals surface area contributed by atoms with Crippen LogP contribution < -0.4 is 0 Å². The molecule has 0 saturated heterocycles. The maximum Gasteiger partial charge on any atom is 0.0913 e. The van der Waals surface area contributed by atoms with Gasteiger partial charge in [-0.05, 0) is 0 Å². The van der Waals surface area contributed by atoms with E-state index < -0.39 is 0 Å². The number of nitrogens with zero attached hydrogens (tertiary/aromatic N) is 2. The molecule has 0 radical (unpaired) electrons. The van der Waals surface area contributed by atoms with E-state index in [9.17, 15) is 0 Å². The lowest BCUT2D eigenvalue weighted by atomic mass is 11.0. The highest BCUT2D eigenvalue weighted by atomic mass is 16.6. The molecule has 0 bridgehead atoms. The van der Waals surface area contributed by atoms with Gasteiger partial charge in [-0.15, -0.1) is 0 Å². The van der Waals surface area contributed by atoms with Crippen molar-refractivity contribution in [3.05, 3.63) is 12.4 Å². The molecule has 40 valence electrons. The second-order valence-corrected chi connectivity index (χ2v) is 0.591. The molecule has 1 rings (SSSR count). The second kappa shape index (κ2) is 5.10. The summed E-state index contributed by atoms with van der Waals surface area (Å²) in [5.74, 6) is 0. The lowest BCUT2D eigenvalue weighted by molar-refractivity contribution is 0.307. The van der Waals surface area contributed by atoms with Crippen LogP contribution in [0.2, 0.25) is 0 Å². The Kier molecular flexibility index (Phi) is 4.44. The Hall–Kier alpha value is -0.900. The topological polar surface area (TPSA) is 59.2 Å². The smallest absolute Gasteiger partial charge is 0.0913 e. The number of aromatic nitrogens is 2. The van der Waals surface area contributed by atoms with Crippen LogP contribution in [-0.2, 0) is 0 Å². The Morgan fingerprint density at radius 3 is 1.86 bits per heavy atom. The van der Waals surface area contributed by atoms with E-state index in [4.69, 9.17) is 5.11 Å². The van der Waals surface area contributed by atoms with Crippen molar-refractivity contribution >= 4 is 0 Å². The van der Waals surface area contributed by atoms with E-state index in [2.05, 4.69) is 14.9 Å². The minimum atomic E-state index is 1.00. The lowest BCUT2D eigenvalue weighted by Crippen LogP contribution is -1.44. The van der Waals surface area contributed by atoms with Gasteiger partial charge in [-0.2, -0.15) is 0 Å². The van der Waals surface area contributed by atoms with E-state index in [-0.39, 0.29) is 0 Å². The van der Waals surface area contributed by atoms with Crippen molar-refractivity contribution in [2.75, 3.05) is 7.11 Å². The Labute approximate surface area is 40.7 Å². The van der Waals surface area contributed by atoms with Gasteiger partial charge in [0.2, 0.25) is 0 Å². The highest BCUT2D eigenvalue weighted by Crippen LogP contribution is 1.62. The van der Waals surface area contributed by atoms with Crippen molar-refractivity contribution in [3.8, 4) is 0 Å². The average molecular weight is 102 g/mol. The molecule has 0 aromatic carbocycles. The maximum absolute atomic E-state index is 7.00. The largest absolute Gasteiger partial charge is 0.400 e. The zero-order valence-electron chi connectivity index (χ0n) is 3.90. The van der Waals surface area contributed by atoms with Crippen LogP contribution in [0.4, 0.5) is 0 Å². The molecular weight excluding hydrogens is 96.0 g/mol. The van der Waals surface area contributed by atoms with E-state index in [0.29, 0.717) is 0 Å². The lowest BCUT2D eigenvalue weighted by Gasteiger charge is -1.45. The first-order valence-electron chi connectivity index (χ1n) is 1.66. The van der Waals surface area contributed by atoms with Crippen molar-refractivity contribution in [2.45, 2.75) is 0 Å². The highest BCUT2D eigenvalue weighted by Gasteiger charge is 1.61. The molecule has 0 spiro atoms. The summed E-state index contributed by atoms with van der Waals surface area (Å²) in [5.41, 5.74) is 0. The second-order valence-electron chi connectivity index (χ2n) is 0.591. The molecular formula is C3H6N2O2. The number of rotatable bonds is 0. The molecule has 0 aliphatic heterocycles. The molecule has 0 unspecified atom stereocenters. The zero-order valence-corrected chi connectivity index (χ0v) is 3.90. The van der Waals surface area contributed by atoms with Gasteiger partial charge in [0, 0.05) is 7.11 Å². The molecule has 0 amide bonds. The fourth-order valence-electron chi connectivity index (χ4n) is 0.136. The third-order valence-electron chi connectivity index (χ3n) is 0.283. The van der Waals surface area contributed by atoms with Crippen LogP contribution in [0.5, 0.6) is 0 Å². The first kappa shape index (κ1) is 6.10. The molecule has 1 aromatic rings. The minimum absolute atomic E-state index is 1.00. The van der Waals surface area contributed by atoms with Crippen LogP contribution in [0, 0.1) is 0 Å². The van der Waals surface area contributed by atoms with Gasteiger partial charge in [0.05, 0.1) is 12.4 Å². The minimum Gasteiger partial charge on any atom is -0.400 e. The summed E-state index contributed by atoms with van der Waals surface area (Å²) in [7, 11) is 1.00. The summed E-state index contributed by atoms with van der Waals surface area (Å²) in [6.45, 7) is 0. The Bertz CT molecular complexity index is 67.4. The van der Waals surface area contributed by atoms with Gasteiger partial charge >= 0.3 is 0 Å². The van der Waals surface area contributed by atoms with Crippen molar-refractivity contribution in [3.63, 3.8) is 0 Å². The van der Waals surface area contributed by atoms with Crippen LogP contribution in [0.3, 0.4) is 0 Å². The van der Waals surface area contributed by atoms with Crippen LogP contribution >= 0.6 is 0 Å². The van der Waals surface area contributed by atoms with Gasteiger partial charge in [0.1, 0.15) is 0 Å². The van der Waals surface area contributed by atoms with Crippen molar-refractivity contribution in [2.24, 2.45) is 0 Å². The summed E-state index contributed by atoms with van der Waals surface area (Å²) in [6, 6.07) is 0. The molecule has 1 N–H and O–H groups in total. The van der Waals surface area contributed by atoms with Gasteiger partial charge in [-0.25, -0.2) is 4.63 Å². The standard InChI is InChI=1S/C2H2N2O.CH4O/c1-2-4-5-3-1;1-2/h1-2H;2H,1H3. The number of hydrogen-bond acceptors (Lipinski definition) is 4. The van der Waals surface area contributed by atoms with E-state index >= 15 is 0 Å². The van der Waals surface area contributed by atoms with Gasteiger partial charge in [-0.3, -0.25) is 0 Å². The van der Waals surface area contributed by atoms with E-state index in [1.807, 2.05) is 0 Å². The predicted molar refractivity (Wildman–Crippen MR) is 22.4 cm³/mol. The molecule has 0 atom stereocenters. The number of hydrogen-bond donors (Lipinski definition) is 1. The SMILES string of the molecule is CO.c1cnon1. The molecule has 0 fully saturated rings. The zero-order chi connectivity index (χ0) is 5.54. The van der Waals surface area contributed by atoms with Gasteiger partial charge in [0.25, 0.3) is 0 Å². The summed E-state index contributed by atoms with van der Waals surface area (Å²) >= 11 is 0. The van der Waals surface area contributed by atoms with E-state index in [0.717, 1.165) is 7.11 Å². The van der Waals surface area contributed by atoms with E-state index in [1.54, 1.807) is 0 Å². The van der Waals surface area contributed by atoms with Crippen molar-refractivity contribution in [1.82, 2.24) is 10.3 Å². The summed E-state index contributed by atoms with van der Waals surface area (Å²) in [5, 5.41) is 13.5. The van der Waals surface area contributed by atoms with Crippen LogP contribution in [-0.4, -0.2) is 22.5 Å². The number of aliphatic hydroxyl groups excluding tert-OH is 1. The normalized spacial score (nSPS) is 6.57. The molecule has 4 heteroatoms. The van der Waals surface area contributed by atoms with Crippen molar-refractivity contribution < 1.29 is 9.74 Å². The third-order valence-corrected chi connectivity index (χ3v) is 0.283. The fraction of sp³-hybridized carbons (Fsp3) is 0.333. The average Bonchev–Trinajstić information content (AvgIpc) is 2.23. The molecule has 0 aliphatic rings. The Balaban J connectivity index is 0.000000162. The van der Waals surface area contributed by atoms with Crippen molar-refractivity contribution in [1.29, 1.82) is 0 Å². The monoisotopic (exact) mass is 102 g/mol. The predicted octanol–water partition coefficient (Wildman–Crippen LogP) is -0.322. The van der Waals surface area contributed by atoms with Crippen LogP contribution in [0.15, 0.2) is 17.0 Å². The van der Waals surface area contributed by atoms with Gasteiger partial charge in [0.15, 0.2) is 0 Å². The highest BCUT2D eigenvalue weighted by molar-refractivity contribution is 4.51. The van der Waals surface area contributed by atoms with Crippen LogP contribution in [0.25, 0.3) is 0 Å². The quantitative estimate of drug-likeness (QED) is 0.487. The molecule has 0 saturated carbocycles. The third kappa shape index (κ3) is 2.92. The Morgan fingerprint density at radius 1 is 1.29 bits per heavy atom. The van der Waals surface area contributed by atoms with Gasteiger partial charge < -0.3 is 5.11 Å². The Morgan fingerprint density at radius 2 is 1.71 bits per heavy atom. The first-order chi connectivity index (χ1) is 3.50. The summed E-state index contributed by atoms with van der Waals surface area (Å²) in [4.78, 5) is 0. The van der Waals surface area contributed by atoms with E-state index in [1.165, 1.54) is 12.4 Å². The summed E-state index contributed by atoms with van der Waals surface area (Å²) < 4.78 is 4.08. The summed E-state index contributed by atoms with van der Waals surface area (Å²) in [6.07, 6.45) is 2.94.